The van der Waals surface area contributed by atoms with Crippen LogP contribution in [-0.2, 0) is 19.1 Å². The van der Waals surface area contributed by atoms with Gasteiger partial charge in [-0.05, 0) is 48.9 Å². The Balaban J connectivity index is 1.57. The number of amides is 2. The molecule has 2 N–H and O–H groups in total. The molecule has 0 radical (unpaired) electrons. The fourth-order valence-corrected chi connectivity index (χ4v) is 4.05. The Labute approximate surface area is 199 Å². The van der Waals surface area contributed by atoms with Gasteiger partial charge in [0.25, 0.3) is 5.91 Å². The molecular formula is C26H32N2O6. The van der Waals surface area contributed by atoms with E-state index >= 15 is 0 Å². The van der Waals surface area contributed by atoms with Gasteiger partial charge in [0.2, 0.25) is 0 Å². The van der Waals surface area contributed by atoms with Crippen LogP contribution in [0.3, 0.4) is 0 Å². The van der Waals surface area contributed by atoms with Crippen molar-refractivity contribution in [3.05, 3.63) is 59.7 Å². The number of hydrogen-bond donors (Lipinski definition) is 2. The topological polar surface area (TPSA) is 105 Å². The van der Waals surface area contributed by atoms with Gasteiger partial charge in [-0.2, -0.15) is 0 Å². The Morgan fingerprint density at radius 3 is 2.03 bits per heavy atom. The number of rotatable bonds is 7. The second-order valence-corrected chi connectivity index (χ2v) is 9.64. The van der Waals surface area contributed by atoms with E-state index in [0.717, 1.165) is 22.3 Å². The number of hydroxylamine groups is 2. The average molecular weight is 469 g/mol. The lowest BCUT2D eigenvalue weighted by Gasteiger charge is -2.30. The summed E-state index contributed by atoms with van der Waals surface area (Å²) in [4.78, 5) is 37.2. The van der Waals surface area contributed by atoms with E-state index in [9.17, 15) is 19.6 Å². The summed E-state index contributed by atoms with van der Waals surface area (Å²) >= 11 is 0. The monoisotopic (exact) mass is 468 g/mol. The summed E-state index contributed by atoms with van der Waals surface area (Å²) in [6.07, 6.45) is -0.790. The number of hydrogen-bond acceptors (Lipinski definition) is 6. The molecule has 8 nitrogen and oxygen atoms in total. The summed E-state index contributed by atoms with van der Waals surface area (Å²) in [6, 6.07) is 14.7. The maximum absolute atomic E-state index is 12.4. The van der Waals surface area contributed by atoms with Crippen molar-refractivity contribution in [1.82, 2.24) is 10.4 Å². The lowest BCUT2D eigenvalue weighted by atomic mass is 9.98. The highest BCUT2D eigenvalue weighted by molar-refractivity contribution is 5.86. The maximum Gasteiger partial charge on any atom is 0.407 e. The first kappa shape index (κ1) is 25.2. The van der Waals surface area contributed by atoms with Crippen molar-refractivity contribution in [2.24, 2.45) is 5.92 Å². The van der Waals surface area contributed by atoms with Crippen LogP contribution in [0.15, 0.2) is 48.5 Å². The zero-order valence-corrected chi connectivity index (χ0v) is 20.2. The first-order valence-corrected chi connectivity index (χ1v) is 11.3. The molecule has 1 aliphatic carbocycles. The van der Waals surface area contributed by atoms with Gasteiger partial charge >= 0.3 is 12.1 Å². The van der Waals surface area contributed by atoms with E-state index in [2.05, 4.69) is 5.32 Å². The van der Waals surface area contributed by atoms with Gasteiger partial charge in [0.15, 0.2) is 6.04 Å². The predicted octanol–water partition coefficient (Wildman–Crippen LogP) is 4.11. The molecule has 2 aromatic rings. The van der Waals surface area contributed by atoms with Gasteiger partial charge in [0, 0.05) is 5.92 Å². The highest BCUT2D eigenvalue weighted by atomic mass is 16.6. The summed E-state index contributed by atoms with van der Waals surface area (Å²) in [6.45, 7) is 8.04. The molecule has 0 bridgehead atoms. The summed E-state index contributed by atoms with van der Waals surface area (Å²) in [5, 5.41) is 13.0. The van der Waals surface area contributed by atoms with Gasteiger partial charge in [-0.15, -0.1) is 0 Å². The highest BCUT2D eigenvalue weighted by Crippen LogP contribution is 2.44. The zero-order valence-electron chi connectivity index (χ0n) is 20.2. The largest absolute Gasteiger partial charge is 0.458 e. The summed E-state index contributed by atoms with van der Waals surface area (Å²) in [5.41, 5.74) is 3.60. The van der Waals surface area contributed by atoms with Gasteiger partial charge in [-0.1, -0.05) is 62.4 Å². The van der Waals surface area contributed by atoms with Crippen LogP contribution >= 0.6 is 0 Å². The standard InChI is InChI=1S/C26H32N2O6/c1-16(2)23(24(30)34-26(3,4)5)28(32)22(29)14-27-25(31)33-15-21-19-12-8-6-10-17(19)18-11-7-9-13-20(18)21/h6-13,16,21,23,32H,14-15H2,1-5H3,(H,27,31)/t23-/m0/s1. The third-order valence-electron chi connectivity index (χ3n) is 5.53. The van der Waals surface area contributed by atoms with Crippen molar-refractivity contribution >= 4 is 18.0 Å². The minimum atomic E-state index is -1.20. The van der Waals surface area contributed by atoms with E-state index in [1.165, 1.54) is 0 Å². The summed E-state index contributed by atoms with van der Waals surface area (Å²) in [5.74, 6) is -2.09. The van der Waals surface area contributed by atoms with Gasteiger partial charge in [-0.25, -0.2) is 14.7 Å². The first-order valence-electron chi connectivity index (χ1n) is 11.3. The molecule has 0 spiro atoms. The lowest BCUT2D eigenvalue weighted by Crippen LogP contribution is -2.51. The van der Waals surface area contributed by atoms with Gasteiger partial charge in [-0.3, -0.25) is 10.0 Å². The number of carbonyl (C=O) groups is 3. The molecule has 0 saturated heterocycles. The van der Waals surface area contributed by atoms with Crippen molar-refractivity contribution < 1.29 is 29.1 Å². The van der Waals surface area contributed by atoms with Crippen LogP contribution in [0, 0.1) is 5.92 Å². The molecule has 8 heteroatoms. The van der Waals surface area contributed by atoms with Crippen LogP contribution in [0.1, 0.15) is 51.7 Å². The van der Waals surface area contributed by atoms with Gasteiger partial charge in [0.1, 0.15) is 18.8 Å². The third-order valence-corrected chi connectivity index (χ3v) is 5.53. The molecule has 3 rings (SSSR count). The quantitative estimate of drug-likeness (QED) is 0.360. The number of ether oxygens (including phenoxy) is 2. The average Bonchev–Trinajstić information content (AvgIpc) is 3.08. The van der Waals surface area contributed by atoms with E-state index in [1.54, 1.807) is 34.6 Å². The SMILES string of the molecule is CC(C)[C@@H](C(=O)OC(C)(C)C)N(O)C(=O)CNC(=O)OCC1c2ccccc2-c2ccccc21. The van der Waals surface area contributed by atoms with E-state index in [0.29, 0.717) is 5.06 Å². The van der Waals surface area contributed by atoms with Gasteiger partial charge < -0.3 is 14.8 Å². The Morgan fingerprint density at radius 2 is 1.53 bits per heavy atom. The van der Waals surface area contributed by atoms with Crippen LogP contribution in [0.25, 0.3) is 11.1 Å². The van der Waals surface area contributed by atoms with Crippen LogP contribution in [0.2, 0.25) is 0 Å². The number of nitrogens with zero attached hydrogens (tertiary/aromatic N) is 1. The predicted molar refractivity (Wildman–Crippen MR) is 126 cm³/mol. The van der Waals surface area contributed by atoms with Crippen LogP contribution in [0.5, 0.6) is 0 Å². The Morgan fingerprint density at radius 1 is 1.00 bits per heavy atom. The molecular weight excluding hydrogens is 436 g/mol. The molecule has 0 saturated carbocycles. The molecule has 0 aliphatic heterocycles. The Hall–Kier alpha value is -3.39. The van der Waals surface area contributed by atoms with E-state index in [-0.39, 0.29) is 12.5 Å². The molecule has 0 heterocycles. The first-order chi connectivity index (χ1) is 16.0. The molecule has 0 fully saturated rings. The van der Waals surface area contributed by atoms with E-state index in [1.807, 2.05) is 48.5 Å². The van der Waals surface area contributed by atoms with Crippen molar-refractivity contribution in [3.63, 3.8) is 0 Å². The lowest BCUT2D eigenvalue weighted by molar-refractivity contribution is -0.197. The molecule has 0 unspecified atom stereocenters. The Kier molecular flexibility index (Phi) is 7.61. The van der Waals surface area contributed by atoms with Crippen molar-refractivity contribution in [2.75, 3.05) is 13.2 Å². The third kappa shape index (κ3) is 5.75. The van der Waals surface area contributed by atoms with Crippen molar-refractivity contribution in [1.29, 1.82) is 0 Å². The van der Waals surface area contributed by atoms with Crippen molar-refractivity contribution in [2.45, 2.75) is 52.2 Å². The van der Waals surface area contributed by atoms with Gasteiger partial charge in [0.05, 0.1) is 0 Å². The molecule has 182 valence electrons. The summed E-state index contributed by atoms with van der Waals surface area (Å²) < 4.78 is 10.7. The molecule has 1 atom stereocenters. The minimum Gasteiger partial charge on any atom is -0.458 e. The molecule has 2 aromatic carbocycles. The highest BCUT2D eigenvalue weighted by Gasteiger charge is 2.35. The molecule has 0 aromatic heterocycles. The molecule has 34 heavy (non-hydrogen) atoms. The van der Waals surface area contributed by atoms with E-state index in [4.69, 9.17) is 9.47 Å². The van der Waals surface area contributed by atoms with Crippen LogP contribution in [-0.4, -0.2) is 53.0 Å². The number of benzene rings is 2. The Bertz CT molecular complexity index is 1010. The number of nitrogens with one attached hydrogen (secondary N) is 1. The number of alkyl carbamates (subject to hydrolysis) is 1. The maximum atomic E-state index is 12.4. The van der Waals surface area contributed by atoms with Crippen LogP contribution < -0.4 is 5.32 Å². The minimum absolute atomic E-state index is 0.101. The fourth-order valence-electron chi connectivity index (χ4n) is 4.05. The second kappa shape index (κ2) is 10.3. The van der Waals surface area contributed by atoms with Crippen LogP contribution in [0.4, 0.5) is 4.79 Å². The molecule has 1 aliphatic rings. The summed E-state index contributed by atoms with van der Waals surface area (Å²) in [7, 11) is 0. The normalized spacial score (nSPS) is 13.6. The van der Waals surface area contributed by atoms with Crippen molar-refractivity contribution in [3.8, 4) is 11.1 Å². The molecule has 2 amide bonds. The number of fused-ring (bicyclic) bond motifs is 3. The number of esters is 1. The smallest absolute Gasteiger partial charge is 0.407 e. The zero-order chi connectivity index (χ0) is 25.0. The fraction of sp³-hybridized carbons (Fsp3) is 0.423. The second-order valence-electron chi connectivity index (χ2n) is 9.64. The number of carbonyl (C=O) groups excluding carboxylic acids is 3. The van der Waals surface area contributed by atoms with E-state index < -0.39 is 42.1 Å².